The Morgan fingerprint density at radius 1 is 1.47 bits per heavy atom. The van der Waals surface area contributed by atoms with Gasteiger partial charge in [-0.2, -0.15) is 0 Å². The number of carboxylic acid groups (broad SMARTS) is 1. The van der Waals surface area contributed by atoms with E-state index in [9.17, 15) is 4.79 Å². The van der Waals surface area contributed by atoms with Crippen LogP contribution in [0.3, 0.4) is 0 Å². The van der Waals surface area contributed by atoms with Gasteiger partial charge in [0.2, 0.25) is 0 Å². The number of benzene rings is 1. The lowest BCUT2D eigenvalue weighted by Crippen LogP contribution is -2.10. The summed E-state index contributed by atoms with van der Waals surface area (Å²) >= 11 is 0. The number of aliphatic carboxylic acids is 1. The van der Waals surface area contributed by atoms with Crippen LogP contribution in [0.25, 0.3) is 0 Å². The molecule has 0 heterocycles. The second kappa shape index (κ2) is 4.68. The third-order valence-corrected chi connectivity index (χ3v) is 2.15. The molecule has 0 fully saturated rings. The van der Waals surface area contributed by atoms with Gasteiger partial charge in [0, 0.05) is 6.54 Å². The van der Waals surface area contributed by atoms with Gasteiger partial charge in [-0.25, -0.2) is 0 Å². The molecule has 0 atom stereocenters. The molecule has 0 bridgehead atoms. The first-order valence-electron chi connectivity index (χ1n) is 4.83. The molecule has 15 heavy (non-hydrogen) atoms. The number of anilines is 2. The number of nitrogen functional groups attached to an aromatic ring is 1. The van der Waals surface area contributed by atoms with Crippen LogP contribution in [0.5, 0.6) is 0 Å². The highest BCUT2D eigenvalue weighted by molar-refractivity contribution is 5.72. The summed E-state index contributed by atoms with van der Waals surface area (Å²) in [5.41, 5.74) is 9.47. The Hall–Kier alpha value is -1.71. The Morgan fingerprint density at radius 3 is 2.67 bits per heavy atom. The van der Waals surface area contributed by atoms with Crippen LogP contribution in [0, 0.1) is 13.8 Å². The molecule has 4 nitrogen and oxygen atoms in total. The number of carboxylic acids is 1. The molecule has 0 aliphatic heterocycles. The minimum Gasteiger partial charge on any atom is -0.481 e. The Kier molecular flexibility index (Phi) is 3.55. The molecule has 4 N–H and O–H groups in total. The molecule has 1 aromatic rings. The van der Waals surface area contributed by atoms with Crippen LogP contribution in [0.4, 0.5) is 11.4 Å². The van der Waals surface area contributed by atoms with Crippen molar-refractivity contribution in [2.75, 3.05) is 17.6 Å². The van der Waals surface area contributed by atoms with Crippen molar-refractivity contribution >= 4 is 17.3 Å². The molecule has 0 spiro atoms. The van der Waals surface area contributed by atoms with E-state index < -0.39 is 5.97 Å². The summed E-state index contributed by atoms with van der Waals surface area (Å²) in [6, 6.07) is 3.88. The van der Waals surface area contributed by atoms with Crippen molar-refractivity contribution in [3.05, 3.63) is 23.3 Å². The number of hydrogen-bond acceptors (Lipinski definition) is 3. The summed E-state index contributed by atoms with van der Waals surface area (Å²) in [5, 5.41) is 11.5. The van der Waals surface area contributed by atoms with Gasteiger partial charge in [-0.15, -0.1) is 0 Å². The van der Waals surface area contributed by atoms with Crippen molar-refractivity contribution in [2.24, 2.45) is 0 Å². The maximum absolute atomic E-state index is 10.3. The molecule has 0 aromatic heterocycles. The molecule has 0 unspecified atom stereocenters. The van der Waals surface area contributed by atoms with Crippen LogP contribution in [-0.4, -0.2) is 17.6 Å². The number of nitrogens with two attached hydrogens (primary N) is 1. The fourth-order valence-corrected chi connectivity index (χ4v) is 1.54. The number of hydrogen-bond donors (Lipinski definition) is 3. The summed E-state index contributed by atoms with van der Waals surface area (Å²) in [7, 11) is 0. The van der Waals surface area contributed by atoms with Gasteiger partial charge < -0.3 is 16.2 Å². The summed E-state index contributed by atoms with van der Waals surface area (Å²) in [6.45, 7) is 4.32. The average Bonchev–Trinajstić information content (AvgIpc) is 2.08. The normalized spacial score (nSPS) is 10.0. The molecule has 0 radical (unpaired) electrons. The molecule has 0 aliphatic rings. The predicted octanol–water partition coefficient (Wildman–Crippen LogP) is 1.77. The van der Waals surface area contributed by atoms with E-state index in [1.165, 1.54) is 0 Å². The molecule has 1 rings (SSSR count). The first kappa shape index (κ1) is 11.4. The van der Waals surface area contributed by atoms with Crippen molar-refractivity contribution in [1.29, 1.82) is 0 Å². The summed E-state index contributed by atoms with van der Waals surface area (Å²) in [4.78, 5) is 10.3. The van der Waals surface area contributed by atoms with E-state index >= 15 is 0 Å². The first-order chi connectivity index (χ1) is 7.00. The first-order valence-corrected chi connectivity index (χ1v) is 4.83. The fraction of sp³-hybridized carbons (Fsp3) is 0.364. The molecule has 0 saturated heterocycles. The molecule has 0 amide bonds. The van der Waals surface area contributed by atoms with Crippen molar-refractivity contribution < 1.29 is 9.90 Å². The molecule has 1 aromatic carbocycles. The lowest BCUT2D eigenvalue weighted by Gasteiger charge is -2.12. The number of aryl methyl sites for hydroxylation is 2. The maximum Gasteiger partial charge on any atom is 0.305 e. The van der Waals surface area contributed by atoms with Crippen molar-refractivity contribution in [3.8, 4) is 0 Å². The van der Waals surface area contributed by atoms with Gasteiger partial charge in [-0.3, -0.25) is 4.79 Å². The Balaban J connectivity index is 2.72. The number of rotatable bonds is 4. The van der Waals surface area contributed by atoms with Crippen LogP contribution >= 0.6 is 0 Å². The van der Waals surface area contributed by atoms with E-state index in [0.29, 0.717) is 12.2 Å². The van der Waals surface area contributed by atoms with Gasteiger partial charge in [-0.1, -0.05) is 6.07 Å². The Labute approximate surface area is 89.1 Å². The highest BCUT2D eigenvalue weighted by atomic mass is 16.4. The third kappa shape index (κ3) is 3.16. The lowest BCUT2D eigenvalue weighted by atomic mass is 10.1. The molecule has 0 saturated carbocycles. The van der Waals surface area contributed by atoms with E-state index in [0.717, 1.165) is 16.8 Å². The summed E-state index contributed by atoms with van der Waals surface area (Å²) in [5.74, 6) is -0.814. The molecule has 4 heteroatoms. The van der Waals surface area contributed by atoms with Crippen molar-refractivity contribution in [3.63, 3.8) is 0 Å². The van der Waals surface area contributed by atoms with Crippen LogP contribution < -0.4 is 11.1 Å². The minimum absolute atomic E-state index is 0.0900. The quantitative estimate of drug-likeness (QED) is 0.659. The average molecular weight is 208 g/mol. The highest BCUT2D eigenvalue weighted by Crippen LogP contribution is 2.24. The van der Waals surface area contributed by atoms with Crippen LogP contribution in [0.2, 0.25) is 0 Å². The van der Waals surface area contributed by atoms with Gasteiger partial charge in [0.15, 0.2) is 0 Å². The van der Waals surface area contributed by atoms with Gasteiger partial charge in [0.25, 0.3) is 0 Å². The van der Waals surface area contributed by atoms with E-state index in [2.05, 4.69) is 5.32 Å². The smallest absolute Gasteiger partial charge is 0.305 e. The topological polar surface area (TPSA) is 75.3 Å². The molecular weight excluding hydrogens is 192 g/mol. The van der Waals surface area contributed by atoms with Crippen molar-refractivity contribution in [1.82, 2.24) is 0 Å². The number of carbonyl (C=O) groups is 1. The summed E-state index contributed by atoms with van der Waals surface area (Å²) in [6.07, 6.45) is 0.0900. The molecular formula is C11H16N2O2. The third-order valence-electron chi connectivity index (χ3n) is 2.15. The monoisotopic (exact) mass is 208 g/mol. The standard InChI is InChI=1S/C11H16N2O2/c1-7-5-8(2)11(9(12)6-7)13-4-3-10(14)15/h5-6,13H,3-4,12H2,1-2H3,(H,14,15). The van der Waals surface area contributed by atoms with E-state index in [4.69, 9.17) is 10.8 Å². The van der Waals surface area contributed by atoms with Crippen LogP contribution in [-0.2, 0) is 4.79 Å². The largest absolute Gasteiger partial charge is 0.481 e. The minimum atomic E-state index is -0.814. The fourth-order valence-electron chi connectivity index (χ4n) is 1.54. The number of nitrogens with one attached hydrogen (secondary N) is 1. The van der Waals surface area contributed by atoms with Crippen molar-refractivity contribution in [2.45, 2.75) is 20.3 Å². The van der Waals surface area contributed by atoms with Crippen LogP contribution in [0.1, 0.15) is 17.5 Å². The Morgan fingerprint density at radius 2 is 2.13 bits per heavy atom. The zero-order valence-corrected chi connectivity index (χ0v) is 9.00. The SMILES string of the molecule is Cc1cc(C)c(NCCC(=O)O)c(N)c1. The van der Waals surface area contributed by atoms with Gasteiger partial charge in [-0.05, 0) is 31.0 Å². The highest BCUT2D eigenvalue weighted by Gasteiger charge is 2.04. The summed E-state index contributed by atoms with van der Waals surface area (Å²) < 4.78 is 0. The lowest BCUT2D eigenvalue weighted by molar-refractivity contribution is -0.136. The van der Waals surface area contributed by atoms with Gasteiger partial charge in [0.05, 0.1) is 17.8 Å². The zero-order chi connectivity index (χ0) is 11.4. The molecule has 82 valence electrons. The predicted molar refractivity (Wildman–Crippen MR) is 61.1 cm³/mol. The Bertz CT molecular complexity index is 352. The van der Waals surface area contributed by atoms with E-state index in [1.807, 2.05) is 26.0 Å². The van der Waals surface area contributed by atoms with Crippen LogP contribution in [0.15, 0.2) is 12.1 Å². The maximum atomic E-state index is 10.3. The van der Waals surface area contributed by atoms with Gasteiger partial charge in [0.1, 0.15) is 0 Å². The second-order valence-electron chi connectivity index (χ2n) is 3.62. The van der Waals surface area contributed by atoms with E-state index in [1.54, 1.807) is 0 Å². The molecule has 0 aliphatic carbocycles. The second-order valence-corrected chi connectivity index (χ2v) is 3.62. The van der Waals surface area contributed by atoms with Gasteiger partial charge >= 0.3 is 5.97 Å². The van der Waals surface area contributed by atoms with E-state index in [-0.39, 0.29) is 6.42 Å². The zero-order valence-electron chi connectivity index (χ0n) is 9.00.